The van der Waals surface area contributed by atoms with Crippen molar-refractivity contribution in [1.82, 2.24) is 0 Å². The third kappa shape index (κ3) is 5.53. The summed E-state index contributed by atoms with van der Waals surface area (Å²) < 4.78 is 40.1. The van der Waals surface area contributed by atoms with Gasteiger partial charge in [0.25, 0.3) is 0 Å². The predicted octanol–water partition coefficient (Wildman–Crippen LogP) is 12.8. The second-order valence-corrected chi connectivity index (χ2v) is 32.0. The van der Waals surface area contributed by atoms with Crippen LogP contribution in [0.15, 0.2) is 104 Å². The number of benzene rings is 4. The SMILES string of the molecule is Cl.Cl.[CH2]=[Zr]([C]1=CC=CC1)([C]1=C(C(C)(C)C)c2cc3c(cc2C1(C)C)Cc1cc2c(cc1-3)C(C(C)(C)C)=CC2(C)C)([c]1ccc(F)cc1)[c]1ccc(F)cc1. The average Bonchev–Trinajstić information content (AvgIpc) is 3.83. The van der Waals surface area contributed by atoms with Gasteiger partial charge in [0.1, 0.15) is 0 Å². The van der Waals surface area contributed by atoms with Crippen LogP contribution in [0.1, 0.15) is 109 Å². The molecule has 4 aliphatic carbocycles. The molecule has 0 saturated heterocycles. The molecule has 4 aromatic carbocycles. The van der Waals surface area contributed by atoms with E-state index in [0.717, 1.165) is 19.4 Å². The van der Waals surface area contributed by atoms with E-state index in [1.165, 1.54) is 62.2 Å². The minimum absolute atomic E-state index is 0. The van der Waals surface area contributed by atoms with Crippen LogP contribution in [-0.2, 0) is 35.5 Å². The Labute approximate surface area is 335 Å². The van der Waals surface area contributed by atoms with E-state index in [4.69, 9.17) is 4.21 Å². The fraction of sp³-hybridized carbons (Fsp3) is 0.327. The summed E-state index contributed by atoms with van der Waals surface area (Å²) in [5, 5.41) is 0. The van der Waals surface area contributed by atoms with E-state index in [1.807, 2.05) is 24.3 Å². The summed E-state index contributed by atoms with van der Waals surface area (Å²) >= 11 is -5.24. The van der Waals surface area contributed by atoms with Crippen molar-refractivity contribution in [1.29, 1.82) is 0 Å². The van der Waals surface area contributed by atoms with Crippen molar-refractivity contribution in [3.8, 4) is 11.1 Å². The van der Waals surface area contributed by atoms with Crippen molar-refractivity contribution in [2.45, 2.75) is 92.9 Å². The molecule has 5 heteroatoms. The van der Waals surface area contributed by atoms with E-state index in [0.29, 0.717) is 0 Å². The number of hydrogen-bond acceptors (Lipinski definition) is 0. The monoisotopic (exact) mass is 840 g/mol. The fourth-order valence-electron chi connectivity index (χ4n) is 10.7. The third-order valence-electron chi connectivity index (χ3n) is 13.0. The van der Waals surface area contributed by atoms with Crippen LogP contribution in [0.25, 0.3) is 22.3 Å². The summed E-state index contributed by atoms with van der Waals surface area (Å²) in [5.41, 5.74) is 13.1. The molecule has 0 bridgehead atoms. The topological polar surface area (TPSA) is 0 Å². The van der Waals surface area contributed by atoms with Gasteiger partial charge in [-0.2, -0.15) is 0 Å². The molecule has 4 aliphatic rings. The summed E-state index contributed by atoms with van der Waals surface area (Å²) in [6, 6.07) is 24.3. The summed E-state index contributed by atoms with van der Waals surface area (Å²) in [6.07, 6.45) is 10.8. The molecule has 0 radical (unpaired) electrons. The van der Waals surface area contributed by atoms with Crippen molar-refractivity contribution in [2.75, 3.05) is 0 Å². The predicted molar refractivity (Wildman–Crippen MR) is 230 cm³/mol. The summed E-state index contributed by atoms with van der Waals surface area (Å²) in [4.78, 5) is 0. The standard InChI is InChI=1S/C31H37.2C6H4F.C5H5.CH2.2ClH.Zr/c1-28(2,3)26-16-30(7,8)24-12-18-11-19-13-25-23(15-21(19)20(18)14-22(24)26)27(29(4,5)6)17-31(25,9)10;2*7-6-4-2-1-3-5-6;1-2-4-5-3-1;;;;/h12-16H,11H2,1-10H3;2*2-5H;1-3H,4H2;1H2;2*1H;. The van der Waals surface area contributed by atoms with Crippen molar-refractivity contribution in [3.63, 3.8) is 0 Å². The molecule has 0 atom stereocenters. The molecular weight excluding hydrogens is 789 g/mol. The maximum absolute atomic E-state index is 14.8. The Bertz CT molecular complexity index is 2370. The van der Waals surface area contributed by atoms with Gasteiger partial charge < -0.3 is 0 Å². The van der Waals surface area contributed by atoms with Crippen molar-refractivity contribution in [3.05, 3.63) is 149 Å². The van der Waals surface area contributed by atoms with E-state index in [2.05, 4.69) is 118 Å². The number of hydrogen-bond donors (Lipinski definition) is 0. The number of fused-ring (bicyclic) bond motifs is 5. The zero-order chi connectivity index (χ0) is 37.4. The molecule has 8 rings (SSSR count). The van der Waals surface area contributed by atoms with E-state index in [1.54, 1.807) is 24.3 Å². The Kier molecular flexibility index (Phi) is 9.63. The first-order valence-electron chi connectivity index (χ1n) is 18.9. The second-order valence-electron chi connectivity index (χ2n) is 19.2. The Balaban J connectivity index is 0.00000249. The Morgan fingerprint density at radius 1 is 0.648 bits per heavy atom. The van der Waals surface area contributed by atoms with Crippen LogP contribution >= 0.6 is 24.8 Å². The molecule has 282 valence electrons. The zero-order valence-corrected chi connectivity index (χ0v) is 37.5. The van der Waals surface area contributed by atoms with Gasteiger partial charge in [-0.25, -0.2) is 0 Å². The van der Waals surface area contributed by atoms with Crippen LogP contribution in [-0.4, -0.2) is 4.21 Å². The molecule has 0 spiro atoms. The molecule has 0 N–H and O–H groups in total. The molecule has 0 amide bonds. The first kappa shape index (κ1) is 40.7. The first-order valence-corrected chi connectivity index (χ1v) is 25.6. The zero-order valence-electron chi connectivity index (χ0n) is 33.4. The van der Waals surface area contributed by atoms with Crippen molar-refractivity contribution >= 4 is 46.7 Å². The van der Waals surface area contributed by atoms with Gasteiger partial charge in [-0.05, 0) is 0 Å². The van der Waals surface area contributed by atoms with Crippen LogP contribution < -0.4 is 6.54 Å². The van der Waals surface area contributed by atoms with Gasteiger partial charge in [-0.3, -0.25) is 0 Å². The van der Waals surface area contributed by atoms with Crippen molar-refractivity contribution in [2.24, 2.45) is 10.8 Å². The van der Waals surface area contributed by atoms with E-state index < -0.39 is 23.7 Å². The van der Waals surface area contributed by atoms with Gasteiger partial charge in [-0.15, -0.1) is 24.8 Å². The van der Waals surface area contributed by atoms with E-state index in [-0.39, 0.29) is 52.7 Å². The Hall–Kier alpha value is -2.97. The molecule has 0 heterocycles. The van der Waals surface area contributed by atoms with Crippen LogP contribution in [0.4, 0.5) is 8.78 Å². The van der Waals surface area contributed by atoms with Gasteiger partial charge in [0.2, 0.25) is 0 Å². The minimum atomic E-state index is -5.24. The van der Waals surface area contributed by atoms with Gasteiger partial charge in [0.15, 0.2) is 0 Å². The Morgan fingerprint density at radius 2 is 1.15 bits per heavy atom. The molecule has 0 aliphatic heterocycles. The van der Waals surface area contributed by atoms with Gasteiger partial charge >= 0.3 is 313 Å². The molecule has 0 nitrogen and oxygen atoms in total. The summed E-state index contributed by atoms with van der Waals surface area (Å²) in [6.45, 7) is 23.5. The molecular formula is C49H54Cl2F2Zr. The molecule has 0 aromatic heterocycles. The second kappa shape index (κ2) is 12.8. The molecule has 0 saturated carbocycles. The van der Waals surface area contributed by atoms with Crippen LogP contribution in [0.2, 0.25) is 0 Å². The normalized spacial score (nSPS) is 17.9. The van der Waals surface area contributed by atoms with Gasteiger partial charge in [0.05, 0.1) is 0 Å². The van der Waals surface area contributed by atoms with Crippen molar-refractivity contribution < 1.29 is 27.1 Å². The number of rotatable bonds is 4. The third-order valence-corrected chi connectivity index (χ3v) is 30.2. The maximum atomic E-state index is 14.8. The quantitative estimate of drug-likeness (QED) is 0.169. The van der Waals surface area contributed by atoms with E-state index in [9.17, 15) is 8.78 Å². The van der Waals surface area contributed by atoms with Gasteiger partial charge in [-0.1, -0.05) is 0 Å². The van der Waals surface area contributed by atoms with E-state index >= 15 is 0 Å². The van der Waals surface area contributed by atoms with Crippen LogP contribution in [0.3, 0.4) is 0 Å². The van der Waals surface area contributed by atoms with Gasteiger partial charge in [0, 0.05) is 0 Å². The van der Waals surface area contributed by atoms with Crippen LogP contribution in [0.5, 0.6) is 0 Å². The summed E-state index contributed by atoms with van der Waals surface area (Å²) in [7, 11) is 0. The molecule has 54 heavy (non-hydrogen) atoms. The van der Waals surface area contributed by atoms with Crippen LogP contribution in [0, 0.1) is 22.5 Å². The Morgan fingerprint density at radius 3 is 1.61 bits per heavy atom. The number of halogens is 4. The first-order chi connectivity index (χ1) is 24.2. The molecule has 0 unspecified atom stereocenters. The fourth-order valence-corrected chi connectivity index (χ4v) is 28.9. The average molecular weight is 843 g/mol. The number of allylic oxidation sites excluding steroid dienone is 8. The molecule has 4 aromatic rings. The summed E-state index contributed by atoms with van der Waals surface area (Å²) in [5.74, 6) is -0.530. The molecule has 0 fully saturated rings.